The van der Waals surface area contributed by atoms with Crippen LogP contribution in [0.1, 0.15) is 42.6 Å². The predicted molar refractivity (Wildman–Crippen MR) is 77.2 cm³/mol. The molecule has 0 unspecified atom stereocenters. The molecular formula is C15H20N2O3. The molecule has 2 N–H and O–H groups in total. The second-order valence-corrected chi connectivity index (χ2v) is 5.83. The Balaban J connectivity index is 2.14. The molecule has 0 radical (unpaired) electrons. The summed E-state index contributed by atoms with van der Waals surface area (Å²) in [6, 6.07) is 4.58. The molecule has 2 rings (SSSR count). The first kappa shape index (κ1) is 14.4. The fourth-order valence-electron chi connectivity index (χ4n) is 2.60. The highest BCUT2D eigenvalue weighted by Crippen LogP contribution is 2.29. The lowest BCUT2D eigenvalue weighted by Crippen LogP contribution is -2.45. The maximum Gasteiger partial charge on any atom is 0.335 e. The number of hydrogen-bond donors (Lipinski definition) is 2. The Bertz CT molecular complexity index is 552. The third kappa shape index (κ3) is 2.76. The summed E-state index contributed by atoms with van der Waals surface area (Å²) in [4.78, 5) is 25.0. The first-order chi connectivity index (χ1) is 9.31. The van der Waals surface area contributed by atoms with E-state index in [0.717, 1.165) is 24.9 Å². The standard InChI is InChI=1S/C15H20N2O3/c1-10-9-11(13(18)19)5-6-12(10)16-14(20)17-8-4-7-15(17,2)3/h5-6,9H,4,7-8H2,1-3H3,(H,16,20)(H,18,19). The van der Waals surface area contributed by atoms with Crippen LogP contribution >= 0.6 is 0 Å². The summed E-state index contributed by atoms with van der Waals surface area (Å²) in [5.74, 6) is -0.966. The number of carbonyl (C=O) groups is 2. The van der Waals surface area contributed by atoms with Crippen molar-refractivity contribution in [1.82, 2.24) is 4.90 Å². The van der Waals surface area contributed by atoms with Crippen molar-refractivity contribution in [3.63, 3.8) is 0 Å². The summed E-state index contributed by atoms with van der Waals surface area (Å²) in [7, 11) is 0. The van der Waals surface area contributed by atoms with Crippen molar-refractivity contribution in [1.29, 1.82) is 0 Å². The zero-order chi connectivity index (χ0) is 14.9. The van der Waals surface area contributed by atoms with Crippen LogP contribution in [-0.2, 0) is 0 Å². The number of aryl methyl sites for hydroxylation is 1. The number of aromatic carboxylic acids is 1. The van der Waals surface area contributed by atoms with Gasteiger partial charge >= 0.3 is 12.0 Å². The molecule has 5 heteroatoms. The lowest BCUT2D eigenvalue weighted by Gasteiger charge is -2.31. The number of carbonyl (C=O) groups excluding carboxylic acids is 1. The largest absolute Gasteiger partial charge is 0.478 e. The van der Waals surface area contributed by atoms with Crippen molar-refractivity contribution >= 4 is 17.7 Å². The minimum atomic E-state index is -0.966. The average Bonchev–Trinajstić information content (AvgIpc) is 2.71. The SMILES string of the molecule is Cc1cc(C(=O)O)ccc1NC(=O)N1CCCC1(C)C. The van der Waals surface area contributed by atoms with Crippen molar-refractivity contribution in [2.75, 3.05) is 11.9 Å². The summed E-state index contributed by atoms with van der Waals surface area (Å²) in [5, 5.41) is 11.8. The molecule has 20 heavy (non-hydrogen) atoms. The molecule has 0 spiro atoms. The van der Waals surface area contributed by atoms with Gasteiger partial charge in [-0.2, -0.15) is 0 Å². The lowest BCUT2D eigenvalue weighted by atomic mass is 10.0. The third-order valence-corrected chi connectivity index (χ3v) is 3.86. The van der Waals surface area contributed by atoms with Crippen molar-refractivity contribution in [2.45, 2.75) is 39.2 Å². The van der Waals surface area contributed by atoms with Gasteiger partial charge in [0.05, 0.1) is 5.56 Å². The number of urea groups is 1. The number of nitrogens with zero attached hydrogens (tertiary/aromatic N) is 1. The van der Waals surface area contributed by atoms with Crippen molar-refractivity contribution in [3.8, 4) is 0 Å². The van der Waals surface area contributed by atoms with Gasteiger partial charge in [-0.3, -0.25) is 0 Å². The van der Waals surface area contributed by atoms with Gasteiger partial charge in [-0.1, -0.05) is 0 Å². The van der Waals surface area contributed by atoms with E-state index >= 15 is 0 Å². The van der Waals surface area contributed by atoms with Gasteiger partial charge in [-0.15, -0.1) is 0 Å². The van der Waals surface area contributed by atoms with Crippen LogP contribution in [0.2, 0.25) is 0 Å². The lowest BCUT2D eigenvalue weighted by molar-refractivity contribution is 0.0697. The van der Waals surface area contributed by atoms with E-state index < -0.39 is 5.97 Å². The summed E-state index contributed by atoms with van der Waals surface area (Å²) in [5.41, 5.74) is 1.50. The minimum absolute atomic E-state index is 0.126. The van der Waals surface area contributed by atoms with Crippen LogP contribution in [0, 0.1) is 6.92 Å². The van der Waals surface area contributed by atoms with Gasteiger partial charge in [-0.25, -0.2) is 9.59 Å². The maximum atomic E-state index is 12.3. The number of rotatable bonds is 2. The molecule has 1 fully saturated rings. The van der Waals surface area contributed by atoms with Gasteiger partial charge in [0.1, 0.15) is 0 Å². The highest BCUT2D eigenvalue weighted by atomic mass is 16.4. The molecule has 0 aromatic heterocycles. The van der Waals surface area contributed by atoms with Crippen LogP contribution in [0.15, 0.2) is 18.2 Å². The van der Waals surface area contributed by atoms with Crippen LogP contribution in [-0.4, -0.2) is 34.1 Å². The summed E-state index contributed by atoms with van der Waals surface area (Å²) in [6.07, 6.45) is 2.01. The smallest absolute Gasteiger partial charge is 0.335 e. The van der Waals surface area contributed by atoms with Crippen LogP contribution < -0.4 is 5.32 Å². The van der Waals surface area contributed by atoms with Gasteiger partial charge < -0.3 is 15.3 Å². The van der Waals surface area contributed by atoms with E-state index in [9.17, 15) is 9.59 Å². The predicted octanol–water partition coefficient (Wildman–Crippen LogP) is 3.10. The minimum Gasteiger partial charge on any atom is -0.478 e. The Labute approximate surface area is 118 Å². The van der Waals surface area contributed by atoms with E-state index in [1.165, 1.54) is 6.07 Å². The highest BCUT2D eigenvalue weighted by molar-refractivity contribution is 5.93. The number of amides is 2. The summed E-state index contributed by atoms with van der Waals surface area (Å²) in [6.45, 7) is 6.65. The molecule has 1 aromatic carbocycles. The molecule has 0 saturated carbocycles. The van der Waals surface area contributed by atoms with Crippen LogP contribution in [0.25, 0.3) is 0 Å². The Kier molecular flexibility index (Phi) is 3.70. The number of hydrogen-bond acceptors (Lipinski definition) is 2. The molecule has 2 amide bonds. The fourth-order valence-corrected chi connectivity index (χ4v) is 2.60. The van der Waals surface area contributed by atoms with E-state index in [2.05, 4.69) is 19.2 Å². The Morgan fingerprint density at radius 3 is 2.55 bits per heavy atom. The van der Waals surface area contributed by atoms with Crippen molar-refractivity contribution < 1.29 is 14.7 Å². The van der Waals surface area contributed by atoms with E-state index in [1.807, 2.05) is 4.90 Å². The van der Waals surface area contributed by atoms with Gasteiger partial charge in [0.15, 0.2) is 0 Å². The quantitative estimate of drug-likeness (QED) is 0.872. The van der Waals surface area contributed by atoms with E-state index in [-0.39, 0.29) is 17.1 Å². The van der Waals surface area contributed by atoms with E-state index in [1.54, 1.807) is 19.1 Å². The normalized spacial score (nSPS) is 17.1. The Morgan fingerprint density at radius 2 is 2.05 bits per heavy atom. The zero-order valence-corrected chi connectivity index (χ0v) is 12.1. The number of carboxylic acids is 1. The molecule has 1 aliphatic rings. The molecule has 1 saturated heterocycles. The molecule has 1 aromatic rings. The average molecular weight is 276 g/mol. The van der Waals surface area contributed by atoms with E-state index in [0.29, 0.717) is 5.69 Å². The molecule has 108 valence electrons. The summed E-state index contributed by atoms with van der Waals surface area (Å²) < 4.78 is 0. The Hall–Kier alpha value is -2.04. The number of carboxylic acid groups (broad SMARTS) is 1. The number of likely N-dealkylation sites (tertiary alicyclic amines) is 1. The van der Waals surface area contributed by atoms with Crippen molar-refractivity contribution in [2.24, 2.45) is 0 Å². The number of benzene rings is 1. The Morgan fingerprint density at radius 1 is 1.35 bits per heavy atom. The van der Waals surface area contributed by atoms with Crippen LogP contribution in [0.4, 0.5) is 10.5 Å². The monoisotopic (exact) mass is 276 g/mol. The van der Waals surface area contributed by atoms with Gasteiger partial charge in [0.25, 0.3) is 0 Å². The number of anilines is 1. The van der Waals surface area contributed by atoms with Gasteiger partial charge in [-0.05, 0) is 57.4 Å². The maximum absolute atomic E-state index is 12.3. The highest BCUT2D eigenvalue weighted by Gasteiger charge is 2.35. The first-order valence-electron chi connectivity index (χ1n) is 6.74. The molecule has 0 aliphatic carbocycles. The topological polar surface area (TPSA) is 69.6 Å². The first-order valence-corrected chi connectivity index (χ1v) is 6.74. The van der Waals surface area contributed by atoms with Crippen LogP contribution in [0.3, 0.4) is 0 Å². The van der Waals surface area contributed by atoms with Gasteiger partial charge in [0, 0.05) is 17.8 Å². The number of nitrogens with one attached hydrogen (secondary N) is 1. The van der Waals surface area contributed by atoms with Crippen molar-refractivity contribution in [3.05, 3.63) is 29.3 Å². The molecule has 0 atom stereocenters. The molecule has 5 nitrogen and oxygen atoms in total. The molecule has 0 bridgehead atoms. The van der Waals surface area contributed by atoms with Crippen LogP contribution in [0.5, 0.6) is 0 Å². The third-order valence-electron chi connectivity index (χ3n) is 3.86. The molecule has 1 aliphatic heterocycles. The fraction of sp³-hybridized carbons (Fsp3) is 0.467. The second-order valence-electron chi connectivity index (χ2n) is 5.83. The zero-order valence-electron chi connectivity index (χ0n) is 12.1. The van der Waals surface area contributed by atoms with E-state index in [4.69, 9.17) is 5.11 Å². The second kappa shape index (κ2) is 5.15. The summed E-state index contributed by atoms with van der Waals surface area (Å²) >= 11 is 0. The van der Waals surface area contributed by atoms with Gasteiger partial charge in [0.2, 0.25) is 0 Å². The molecule has 1 heterocycles. The molecular weight excluding hydrogens is 256 g/mol.